The van der Waals surface area contributed by atoms with Crippen LogP contribution >= 0.6 is 0 Å². The van der Waals surface area contributed by atoms with Gasteiger partial charge in [-0.25, -0.2) is 4.68 Å². The van der Waals surface area contributed by atoms with E-state index in [0.717, 1.165) is 51.0 Å². The van der Waals surface area contributed by atoms with Crippen molar-refractivity contribution in [1.29, 1.82) is 0 Å². The predicted molar refractivity (Wildman–Crippen MR) is 284 cm³/mol. The number of benzene rings is 6. The molecule has 0 amide bonds. The third-order valence-corrected chi connectivity index (χ3v) is 13.0. The van der Waals surface area contributed by atoms with Crippen LogP contribution in [0.1, 0.15) is 152 Å². The molecule has 0 radical (unpaired) electrons. The Morgan fingerprint density at radius 3 is 1.60 bits per heavy atom. The molecule has 0 spiro atoms. The molecule has 0 aliphatic rings. The van der Waals surface area contributed by atoms with Gasteiger partial charge in [0.25, 0.3) is 0 Å². The molecule has 348 valence electrons. The maximum atomic E-state index is 6.77. The van der Waals surface area contributed by atoms with Crippen molar-refractivity contribution in [3.05, 3.63) is 209 Å². The molecule has 6 aromatic carbocycles. The minimum absolute atomic E-state index is 0.0213. The molecule has 0 aliphatic carbocycles. The minimum atomic E-state index is -0.244. The molecule has 68 heavy (non-hydrogen) atoms. The van der Waals surface area contributed by atoms with Gasteiger partial charge in [0, 0.05) is 29.2 Å². The first kappa shape index (κ1) is 47.7. The fraction of sp³-hybridized carbons (Fsp3) is 0.306. The second-order valence-corrected chi connectivity index (χ2v) is 22.0. The lowest BCUT2D eigenvalue weighted by Gasteiger charge is -2.33. The highest BCUT2D eigenvalue weighted by molar-refractivity contribution is 5.80. The molecular formula is C62H69N5O. The van der Waals surface area contributed by atoms with Gasteiger partial charge in [0.15, 0.2) is 0 Å². The van der Waals surface area contributed by atoms with Crippen molar-refractivity contribution < 1.29 is 4.74 Å². The minimum Gasteiger partial charge on any atom is -0.457 e. The Hall–Kier alpha value is -6.79. The Morgan fingerprint density at radius 1 is 0.515 bits per heavy atom. The van der Waals surface area contributed by atoms with Gasteiger partial charge in [0.05, 0.1) is 29.2 Å². The second-order valence-electron chi connectivity index (χ2n) is 22.0. The van der Waals surface area contributed by atoms with E-state index >= 15 is 0 Å². The zero-order valence-corrected chi connectivity index (χ0v) is 42.5. The van der Waals surface area contributed by atoms with Crippen molar-refractivity contribution in [1.82, 2.24) is 20.0 Å². The number of nitrogens with zero attached hydrogens (tertiary/aromatic N) is 5. The predicted octanol–water partition coefficient (Wildman–Crippen LogP) is 16.9. The molecule has 0 bridgehead atoms. The third kappa shape index (κ3) is 10.4. The summed E-state index contributed by atoms with van der Waals surface area (Å²) in [5, 5.41) is 9.36. The monoisotopic (exact) mass is 900 g/mol. The Labute approximate surface area is 406 Å². The van der Waals surface area contributed by atoms with E-state index in [9.17, 15) is 0 Å². The summed E-state index contributed by atoms with van der Waals surface area (Å²) in [5.74, 6) is 1.89. The van der Waals surface area contributed by atoms with Gasteiger partial charge >= 0.3 is 0 Å². The summed E-state index contributed by atoms with van der Waals surface area (Å²) in [4.78, 5) is 7.50. The van der Waals surface area contributed by atoms with Crippen LogP contribution in [0.2, 0.25) is 0 Å². The van der Waals surface area contributed by atoms with E-state index in [2.05, 4.69) is 215 Å². The number of ether oxygens (including phenoxy) is 1. The first-order chi connectivity index (χ1) is 32.3. The summed E-state index contributed by atoms with van der Waals surface area (Å²) >= 11 is 0. The smallest absolute Gasteiger partial charge is 0.129 e. The Balaban J connectivity index is 1.23. The number of anilines is 3. The quantitative estimate of drug-likeness (QED) is 0.122. The van der Waals surface area contributed by atoms with E-state index < -0.39 is 0 Å². The highest BCUT2D eigenvalue weighted by Crippen LogP contribution is 2.46. The van der Waals surface area contributed by atoms with Gasteiger partial charge in [-0.2, -0.15) is 0 Å². The lowest BCUT2D eigenvalue weighted by Crippen LogP contribution is -2.19. The van der Waals surface area contributed by atoms with E-state index in [4.69, 9.17) is 14.8 Å². The maximum Gasteiger partial charge on any atom is 0.129 e. The van der Waals surface area contributed by atoms with Crippen LogP contribution in [0.25, 0.3) is 16.9 Å². The summed E-state index contributed by atoms with van der Waals surface area (Å²) in [6.45, 7) is 29.4. The van der Waals surface area contributed by atoms with Gasteiger partial charge in [-0.15, -0.1) is 5.10 Å². The fourth-order valence-corrected chi connectivity index (χ4v) is 9.10. The van der Waals surface area contributed by atoms with E-state index in [0.29, 0.717) is 17.6 Å². The second kappa shape index (κ2) is 19.1. The van der Waals surface area contributed by atoms with Gasteiger partial charge in [-0.3, -0.25) is 4.98 Å². The average molecular weight is 900 g/mol. The van der Waals surface area contributed by atoms with Crippen LogP contribution in [-0.4, -0.2) is 20.0 Å². The number of pyridine rings is 1. The molecule has 1 atom stereocenters. The third-order valence-electron chi connectivity index (χ3n) is 13.0. The lowest BCUT2D eigenvalue weighted by molar-refractivity contribution is 0.481. The molecule has 0 saturated carbocycles. The van der Waals surface area contributed by atoms with Crippen molar-refractivity contribution in [2.45, 2.75) is 124 Å². The van der Waals surface area contributed by atoms with Gasteiger partial charge in [-0.1, -0.05) is 174 Å². The van der Waals surface area contributed by atoms with Crippen LogP contribution in [0.15, 0.2) is 164 Å². The highest BCUT2D eigenvalue weighted by atomic mass is 16.5. The molecule has 2 aromatic heterocycles. The summed E-state index contributed by atoms with van der Waals surface area (Å²) in [7, 11) is 0. The van der Waals surface area contributed by atoms with Crippen LogP contribution in [0.5, 0.6) is 11.5 Å². The lowest BCUT2D eigenvalue weighted by atomic mass is 9.80. The fourth-order valence-electron chi connectivity index (χ4n) is 9.10. The van der Waals surface area contributed by atoms with Crippen molar-refractivity contribution in [2.75, 3.05) is 4.90 Å². The Bertz CT molecular complexity index is 2890. The van der Waals surface area contributed by atoms with E-state index in [1.807, 2.05) is 53.5 Å². The summed E-state index contributed by atoms with van der Waals surface area (Å²) < 4.78 is 8.62. The number of hydrogen-bond donors (Lipinski definition) is 0. The number of rotatable bonds is 12. The van der Waals surface area contributed by atoms with Gasteiger partial charge < -0.3 is 9.64 Å². The topological polar surface area (TPSA) is 56.1 Å². The molecule has 0 fully saturated rings. The van der Waals surface area contributed by atoms with E-state index in [-0.39, 0.29) is 22.2 Å². The number of hydrogen-bond acceptors (Lipinski definition) is 5. The van der Waals surface area contributed by atoms with Gasteiger partial charge in [-0.05, 0) is 134 Å². The average Bonchev–Trinajstić information content (AvgIpc) is 3.80. The summed E-state index contributed by atoms with van der Waals surface area (Å²) in [6, 6.07) is 54.6. The Morgan fingerprint density at radius 2 is 1.06 bits per heavy atom. The zero-order valence-electron chi connectivity index (χ0n) is 42.5. The van der Waals surface area contributed by atoms with E-state index in [1.165, 1.54) is 33.4 Å². The SMILES string of the molecule is CC(C)c1cccc(C(C)C)c1-c1cn(-c2cccc(Oc3cccc([C@H](c4ccccn4)c4cc(C(C)(C)C)ccc4N(c4ccc(C(C)(C)C)cc4)c4ccc(C(C)(C)C)cc4)c3)c2)nn1. The first-order valence-electron chi connectivity index (χ1n) is 24.3. The zero-order chi connectivity index (χ0) is 48.5. The summed E-state index contributed by atoms with van der Waals surface area (Å²) in [6.07, 6.45) is 3.94. The number of aromatic nitrogens is 4. The normalized spacial score (nSPS) is 12.7. The van der Waals surface area contributed by atoms with Crippen LogP contribution in [0.3, 0.4) is 0 Å². The van der Waals surface area contributed by atoms with Crippen LogP contribution in [0, 0.1) is 0 Å². The first-order valence-corrected chi connectivity index (χ1v) is 24.3. The standard InChI is InChI=1S/C62H69N5O/c1-41(2)52-23-18-24-53(42(3)4)59(52)56-40-66(65-64-56)49-20-17-22-51(39-49)68-50-21-16-19-43(37-50)58(55-25-14-15-36-63-55)54-38-46(62(11,12)13)30-35-57(54)67(47-31-26-44(27-32-47)60(5,6)7)48-33-28-45(29-34-48)61(8,9)10/h14-42,58H,1-13H3/t58-/m0/s1. The van der Waals surface area contributed by atoms with Crippen LogP contribution < -0.4 is 9.64 Å². The summed E-state index contributed by atoms with van der Waals surface area (Å²) in [5.41, 5.74) is 15.7. The molecule has 8 rings (SSSR count). The van der Waals surface area contributed by atoms with Crippen molar-refractivity contribution in [3.8, 4) is 28.4 Å². The van der Waals surface area contributed by atoms with E-state index in [1.54, 1.807) is 0 Å². The molecule has 0 saturated heterocycles. The molecular weight excluding hydrogens is 831 g/mol. The molecule has 0 unspecified atom stereocenters. The van der Waals surface area contributed by atoms with Gasteiger partial charge in [0.2, 0.25) is 0 Å². The van der Waals surface area contributed by atoms with Crippen LogP contribution in [0.4, 0.5) is 17.1 Å². The molecule has 0 N–H and O–H groups in total. The Kier molecular flexibility index (Phi) is 13.4. The maximum absolute atomic E-state index is 6.77. The molecule has 6 heteroatoms. The molecule has 0 aliphatic heterocycles. The molecule has 6 nitrogen and oxygen atoms in total. The molecule has 8 aromatic rings. The highest BCUT2D eigenvalue weighted by Gasteiger charge is 2.29. The largest absolute Gasteiger partial charge is 0.457 e. The van der Waals surface area contributed by atoms with Crippen molar-refractivity contribution >= 4 is 17.1 Å². The van der Waals surface area contributed by atoms with Crippen molar-refractivity contribution in [3.63, 3.8) is 0 Å². The van der Waals surface area contributed by atoms with Gasteiger partial charge in [0.1, 0.15) is 17.2 Å². The van der Waals surface area contributed by atoms with Crippen LogP contribution in [-0.2, 0) is 16.2 Å². The van der Waals surface area contributed by atoms with Crippen molar-refractivity contribution in [2.24, 2.45) is 0 Å². The molecule has 2 heterocycles.